The van der Waals surface area contributed by atoms with Crippen LogP contribution in [0.2, 0.25) is 10.0 Å². The first-order valence-corrected chi connectivity index (χ1v) is 9.46. The van der Waals surface area contributed by atoms with Crippen molar-refractivity contribution >= 4 is 29.1 Å². The second-order valence-electron chi connectivity index (χ2n) is 6.52. The van der Waals surface area contributed by atoms with Crippen molar-refractivity contribution in [2.24, 2.45) is 5.73 Å². The fourth-order valence-corrected chi connectivity index (χ4v) is 3.22. The fraction of sp³-hybridized carbons (Fsp3) is 0.350. The number of phenolic OH excluding ortho intramolecular Hbond substituents is 1. The Hall–Kier alpha value is -1.95. The van der Waals surface area contributed by atoms with Crippen molar-refractivity contribution in [1.82, 2.24) is 5.32 Å². The average molecular weight is 411 g/mol. The molecule has 4 N–H and O–H groups in total. The number of nitrogens with one attached hydrogen (secondary N) is 1. The summed E-state index contributed by atoms with van der Waals surface area (Å²) in [6, 6.07) is 8.77. The summed E-state index contributed by atoms with van der Waals surface area (Å²) < 4.78 is 5.44. The molecule has 0 bridgehead atoms. The van der Waals surface area contributed by atoms with Crippen LogP contribution in [0.1, 0.15) is 36.5 Å². The first-order valence-electron chi connectivity index (χ1n) is 8.71. The normalized spacial score (nSPS) is 10.9. The van der Waals surface area contributed by atoms with Gasteiger partial charge in [0.15, 0.2) is 6.61 Å². The number of hydrogen-bond acceptors (Lipinski definition) is 4. The summed E-state index contributed by atoms with van der Waals surface area (Å²) in [5.41, 5.74) is 7.97. The molecule has 0 saturated heterocycles. The van der Waals surface area contributed by atoms with Gasteiger partial charge in [-0.3, -0.25) is 4.79 Å². The molecule has 1 amide bonds. The molecule has 0 unspecified atom stereocenters. The van der Waals surface area contributed by atoms with Crippen molar-refractivity contribution in [1.29, 1.82) is 0 Å². The zero-order valence-electron chi connectivity index (χ0n) is 15.4. The maximum Gasteiger partial charge on any atom is 0.257 e. The summed E-state index contributed by atoms with van der Waals surface area (Å²) in [4.78, 5) is 11.6. The van der Waals surface area contributed by atoms with Gasteiger partial charge in [-0.05, 0) is 40.8 Å². The highest BCUT2D eigenvalue weighted by atomic mass is 35.5. The van der Waals surface area contributed by atoms with E-state index in [1.54, 1.807) is 18.2 Å². The Morgan fingerprint density at radius 2 is 1.89 bits per heavy atom. The van der Waals surface area contributed by atoms with Gasteiger partial charge in [0.1, 0.15) is 11.5 Å². The van der Waals surface area contributed by atoms with Crippen molar-refractivity contribution in [3.63, 3.8) is 0 Å². The summed E-state index contributed by atoms with van der Waals surface area (Å²) in [6.07, 6.45) is 0.523. The lowest BCUT2D eigenvalue weighted by molar-refractivity contribution is -0.123. The lowest BCUT2D eigenvalue weighted by atomic mass is 9.96. The first-order chi connectivity index (χ1) is 12.8. The predicted molar refractivity (Wildman–Crippen MR) is 109 cm³/mol. The van der Waals surface area contributed by atoms with Gasteiger partial charge < -0.3 is 20.9 Å². The van der Waals surface area contributed by atoms with Gasteiger partial charge in [0.05, 0.1) is 0 Å². The molecule has 5 nitrogen and oxygen atoms in total. The monoisotopic (exact) mass is 410 g/mol. The van der Waals surface area contributed by atoms with Crippen LogP contribution < -0.4 is 15.8 Å². The summed E-state index contributed by atoms with van der Waals surface area (Å²) in [5, 5.41) is 13.5. The highest BCUT2D eigenvalue weighted by molar-refractivity contribution is 6.36. The lowest BCUT2D eigenvalue weighted by Gasteiger charge is -2.14. The van der Waals surface area contributed by atoms with E-state index in [2.05, 4.69) is 5.32 Å². The van der Waals surface area contributed by atoms with Crippen molar-refractivity contribution in [2.45, 2.75) is 26.2 Å². The molecule has 0 radical (unpaired) electrons. The number of aromatic hydroxyl groups is 1. The van der Waals surface area contributed by atoms with Crippen molar-refractivity contribution in [3.05, 3.63) is 57.1 Å². The number of halogens is 2. The third-order valence-electron chi connectivity index (χ3n) is 4.05. The third-order valence-corrected chi connectivity index (χ3v) is 4.72. The van der Waals surface area contributed by atoms with Gasteiger partial charge in [0.25, 0.3) is 5.91 Å². The van der Waals surface area contributed by atoms with Crippen molar-refractivity contribution in [2.75, 3.05) is 19.7 Å². The Morgan fingerprint density at radius 1 is 1.22 bits per heavy atom. The number of carbonyl (C=O) groups excluding carboxylic acids is 1. The highest BCUT2D eigenvalue weighted by Gasteiger charge is 2.13. The second kappa shape index (κ2) is 9.83. The molecule has 27 heavy (non-hydrogen) atoms. The van der Waals surface area contributed by atoms with Crippen LogP contribution in [-0.2, 0) is 11.2 Å². The van der Waals surface area contributed by atoms with E-state index in [4.69, 9.17) is 33.7 Å². The average Bonchev–Trinajstić information content (AvgIpc) is 2.62. The molecular weight excluding hydrogens is 387 g/mol. The Kier molecular flexibility index (Phi) is 7.78. The molecule has 0 atom stereocenters. The van der Waals surface area contributed by atoms with Crippen LogP contribution in [0, 0.1) is 0 Å². The molecule has 0 aliphatic carbocycles. The molecule has 0 fully saturated rings. The van der Waals surface area contributed by atoms with E-state index in [1.807, 2.05) is 26.0 Å². The van der Waals surface area contributed by atoms with Crippen molar-refractivity contribution in [3.8, 4) is 11.5 Å². The van der Waals surface area contributed by atoms with E-state index < -0.39 is 0 Å². The van der Waals surface area contributed by atoms with Crippen LogP contribution in [0.3, 0.4) is 0 Å². The van der Waals surface area contributed by atoms with E-state index in [9.17, 15) is 9.90 Å². The first kappa shape index (κ1) is 21.4. The van der Waals surface area contributed by atoms with Gasteiger partial charge in [-0.1, -0.05) is 49.2 Å². The number of amides is 1. The molecular formula is C20H24Cl2N2O3. The van der Waals surface area contributed by atoms with Crippen LogP contribution >= 0.6 is 23.2 Å². The lowest BCUT2D eigenvalue weighted by Crippen LogP contribution is -2.32. The highest BCUT2D eigenvalue weighted by Crippen LogP contribution is 2.33. The van der Waals surface area contributed by atoms with Gasteiger partial charge in [0.2, 0.25) is 0 Å². The molecule has 0 aliphatic heterocycles. The predicted octanol–water partition coefficient (Wildman–Crippen LogP) is 3.87. The van der Waals surface area contributed by atoms with E-state index in [1.165, 1.54) is 0 Å². The van der Waals surface area contributed by atoms with Crippen LogP contribution in [0.5, 0.6) is 11.5 Å². The van der Waals surface area contributed by atoms with Gasteiger partial charge in [-0.25, -0.2) is 0 Å². The Labute approximate surface area is 169 Å². The smallest absolute Gasteiger partial charge is 0.257 e. The molecule has 7 heteroatoms. The Morgan fingerprint density at radius 3 is 2.48 bits per heavy atom. The molecule has 2 rings (SSSR count). The SMILES string of the molecule is CC(C)c1cc(Cc2c(Cl)cc(OCC(=O)NCCN)cc2Cl)ccc1O. The summed E-state index contributed by atoms with van der Waals surface area (Å²) >= 11 is 12.8. The minimum Gasteiger partial charge on any atom is -0.508 e. The van der Waals surface area contributed by atoms with E-state index >= 15 is 0 Å². The van der Waals surface area contributed by atoms with Crippen molar-refractivity contribution < 1.29 is 14.6 Å². The Bertz CT molecular complexity index is 787. The minimum absolute atomic E-state index is 0.137. The van der Waals surface area contributed by atoms with Gasteiger partial charge in [-0.15, -0.1) is 0 Å². The number of nitrogens with two attached hydrogens (primary N) is 1. The zero-order chi connectivity index (χ0) is 20.0. The molecule has 0 heterocycles. The maximum absolute atomic E-state index is 11.6. The number of benzene rings is 2. The number of phenols is 1. The topological polar surface area (TPSA) is 84.6 Å². The molecule has 0 saturated carbocycles. The van der Waals surface area contributed by atoms with Crippen LogP contribution in [-0.4, -0.2) is 30.7 Å². The number of carbonyl (C=O) groups is 1. The summed E-state index contributed by atoms with van der Waals surface area (Å²) in [7, 11) is 0. The number of rotatable bonds is 8. The number of ether oxygens (including phenoxy) is 1. The fourth-order valence-electron chi connectivity index (χ4n) is 2.62. The second-order valence-corrected chi connectivity index (χ2v) is 7.33. The molecule has 146 valence electrons. The molecule has 0 aliphatic rings. The Balaban J connectivity index is 2.13. The summed E-state index contributed by atoms with van der Waals surface area (Å²) in [5.74, 6) is 0.645. The zero-order valence-corrected chi connectivity index (χ0v) is 16.9. The standard InChI is InChI=1S/C20H24Cl2N2O3/c1-12(2)15-7-13(3-4-19(15)25)8-16-17(21)9-14(10-18(16)22)27-11-20(26)24-6-5-23/h3-4,7,9-10,12,25H,5-6,8,11,23H2,1-2H3,(H,24,26). The quantitative estimate of drug-likeness (QED) is 0.616. The van der Waals surface area contributed by atoms with Crippen LogP contribution in [0.25, 0.3) is 0 Å². The van der Waals surface area contributed by atoms with Crippen LogP contribution in [0.15, 0.2) is 30.3 Å². The van der Waals surface area contributed by atoms with Crippen LogP contribution in [0.4, 0.5) is 0 Å². The van der Waals surface area contributed by atoms with Gasteiger partial charge >= 0.3 is 0 Å². The minimum atomic E-state index is -0.262. The summed E-state index contributed by atoms with van der Waals surface area (Å²) in [6.45, 7) is 4.67. The molecule has 0 spiro atoms. The van der Waals surface area contributed by atoms with E-state index in [0.29, 0.717) is 35.3 Å². The molecule has 0 aromatic heterocycles. The van der Waals surface area contributed by atoms with Gasteiger partial charge in [-0.2, -0.15) is 0 Å². The molecule has 2 aromatic carbocycles. The maximum atomic E-state index is 11.6. The van der Waals surface area contributed by atoms with E-state index in [-0.39, 0.29) is 24.2 Å². The number of hydrogen-bond donors (Lipinski definition) is 3. The van der Waals surface area contributed by atoms with E-state index in [0.717, 1.165) is 16.7 Å². The largest absolute Gasteiger partial charge is 0.508 e. The van der Waals surface area contributed by atoms with Gasteiger partial charge in [0, 0.05) is 29.6 Å². The molecule has 2 aromatic rings. The third kappa shape index (κ3) is 6.03.